The average Bonchev–Trinajstić information content (AvgIpc) is 3.70. The summed E-state index contributed by atoms with van der Waals surface area (Å²) in [7, 11) is -3.22. The van der Waals surface area contributed by atoms with E-state index in [1.807, 2.05) is 60.7 Å². The van der Waals surface area contributed by atoms with Crippen LogP contribution in [0.2, 0.25) is 0 Å². The van der Waals surface area contributed by atoms with Crippen LogP contribution in [-0.2, 0) is 4.57 Å². The molecular formula is C48H30N3OP. The molecule has 8 aromatic carbocycles. The van der Waals surface area contributed by atoms with Crippen molar-refractivity contribution in [2.45, 2.75) is 0 Å². The van der Waals surface area contributed by atoms with Crippen molar-refractivity contribution in [2.24, 2.45) is 0 Å². The van der Waals surface area contributed by atoms with Crippen LogP contribution in [0.3, 0.4) is 0 Å². The molecule has 0 spiro atoms. The van der Waals surface area contributed by atoms with Crippen LogP contribution in [0.4, 0.5) is 0 Å². The Bertz CT molecular complexity index is 3140. The first-order valence-electron chi connectivity index (χ1n) is 17.9. The Hall–Kier alpha value is -6.61. The van der Waals surface area contributed by atoms with Crippen LogP contribution < -0.4 is 15.9 Å². The van der Waals surface area contributed by atoms with E-state index in [2.05, 4.69) is 126 Å². The van der Waals surface area contributed by atoms with Gasteiger partial charge in [-0.3, -0.25) is 0 Å². The first-order chi connectivity index (χ1) is 26.2. The van der Waals surface area contributed by atoms with Gasteiger partial charge in [-0.15, -0.1) is 0 Å². The van der Waals surface area contributed by atoms with E-state index in [1.165, 1.54) is 5.39 Å². The minimum atomic E-state index is -3.22. The second-order valence-corrected chi connectivity index (χ2v) is 16.3. The Balaban J connectivity index is 1.13. The van der Waals surface area contributed by atoms with Crippen LogP contribution >= 0.6 is 7.14 Å². The summed E-state index contributed by atoms with van der Waals surface area (Å²) >= 11 is 0. The molecule has 0 saturated carbocycles. The van der Waals surface area contributed by atoms with E-state index in [0.717, 1.165) is 87.6 Å². The quantitative estimate of drug-likeness (QED) is 0.172. The lowest BCUT2D eigenvalue weighted by Gasteiger charge is -2.18. The molecule has 10 aromatic rings. The molecule has 0 aliphatic carbocycles. The van der Waals surface area contributed by atoms with Gasteiger partial charge in [0.05, 0.1) is 27.5 Å². The lowest BCUT2D eigenvalue weighted by atomic mass is 9.99. The number of aromatic nitrogens is 3. The lowest BCUT2D eigenvalue weighted by Crippen LogP contribution is -2.22. The van der Waals surface area contributed by atoms with E-state index in [-0.39, 0.29) is 0 Å². The number of rotatable bonds is 4. The molecule has 1 aliphatic rings. The van der Waals surface area contributed by atoms with E-state index < -0.39 is 7.14 Å². The summed E-state index contributed by atoms with van der Waals surface area (Å²) in [6.45, 7) is 0. The Morgan fingerprint density at radius 1 is 0.472 bits per heavy atom. The monoisotopic (exact) mass is 695 g/mol. The van der Waals surface area contributed by atoms with Gasteiger partial charge in [-0.25, -0.2) is 9.97 Å². The molecule has 248 valence electrons. The highest BCUT2D eigenvalue weighted by Gasteiger charge is 2.42. The number of hydrogen-bond acceptors (Lipinski definition) is 3. The molecule has 0 fully saturated rings. The van der Waals surface area contributed by atoms with Crippen LogP contribution in [-0.4, -0.2) is 14.5 Å². The van der Waals surface area contributed by atoms with E-state index in [9.17, 15) is 0 Å². The van der Waals surface area contributed by atoms with Gasteiger partial charge < -0.3 is 9.13 Å². The van der Waals surface area contributed by atoms with Crippen molar-refractivity contribution in [1.82, 2.24) is 14.5 Å². The zero-order valence-electron chi connectivity index (χ0n) is 28.5. The van der Waals surface area contributed by atoms with Gasteiger partial charge in [0.1, 0.15) is 0 Å². The number of fused-ring (bicyclic) bond motifs is 9. The fraction of sp³-hybridized carbons (Fsp3) is 0. The maximum atomic E-state index is 15.9. The molecule has 0 saturated heterocycles. The van der Waals surface area contributed by atoms with Crippen LogP contribution in [0.25, 0.3) is 82.9 Å². The fourth-order valence-corrected chi connectivity index (χ4v) is 11.7. The van der Waals surface area contributed by atoms with E-state index in [0.29, 0.717) is 5.82 Å². The van der Waals surface area contributed by atoms with Crippen LogP contribution in [0.1, 0.15) is 0 Å². The van der Waals surface area contributed by atoms with Crippen LogP contribution in [0, 0.1) is 0 Å². The summed E-state index contributed by atoms with van der Waals surface area (Å²) in [6.07, 6.45) is 0. The molecule has 53 heavy (non-hydrogen) atoms. The first-order valence-corrected chi connectivity index (χ1v) is 19.6. The highest BCUT2D eigenvalue weighted by molar-refractivity contribution is 7.86. The molecular weight excluding hydrogens is 666 g/mol. The molecule has 4 nitrogen and oxygen atoms in total. The van der Waals surface area contributed by atoms with E-state index in [1.54, 1.807) is 0 Å². The standard InChI is InChI=1S/C48H30N3OP/c52-53(34-15-2-1-3-16-34)44-24-11-8-19-37(44)40-30-29-39-36-18-7-10-23-43(36)51(46(39)47(40)53)33-27-25-32(26-28-33)48-49-42-22-9-6-20-41(42)45(50-48)38-21-12-14-31-13-4-5-17-35(31)38/h1-30H. The van der Waals surface area contributed by atoms with Gasteiger partial charge in [0, 0.05) is 43.6 Å². The Morgan fingerprint density at radius 2 is 1.15 bits per heavy atom. The smallest absolute Gasteiger partial charge is 0.174 e. The molecule has 5 heteroatoms. The number of hydrogen-bond donors (Lipinski definition) is 0. The molecule has 0 N–H and O–H groups in total. The third-order valence-electron chi connectivity index (χ3n) is 10.8. The highest BCUT2D eigenvalue weighted by atomic mass is 31.2. The highest BCUT2D eigenvalue weighted by Crippen LogP contribution is 2.55. The zero-order valence-corrected chi connectivity index (χ0v) is 29.4. The maximum absolute atomic E-state index is 15.9. The molecule has 11 rings (SSSR count). The van der Waals surface area contributed by atoms with Crippen LogP contribution in [0.15, 0.2) is 182 Å². The zero-order chi connectivity index (χ0) is 35.1. The Morgan fingerprint density at radius 3 is 2.02 bits per heavy atom. The second kappa shape index (κ2) is 11.4. The van der Waals surface area contributed by atoms with Crippen molar-refractivity contribution in [3.63, 3.8) is 0 Å². The Labute approximate surface area is 306 Å². The van der Waals surface area contributed by atoms with Crippen molar-refractivity contribution >= 4 is 66.5 Å². The van der Waals surface area contributed by atoms with Crippen molar-refractivity contribution in [1.29, 1.82) is 0 Å². The predicted octanol–water partition coefficient (Wildman–Crippen LogP) is 10.8. The van der Waals surface area contributed by atoms with Gasteiger partial charge in [0.2, 0.25) is 0 Å². The summed E-state index contributed by atoms with van der Waals surface area (Å²) in [5.41, 5.74) is 8.94. The summed E-state index contributed by atoms with van der Waals surface area (Å²) in [6, 6.07) is 62.7. The van der Waals surface area contributed by atoms with Crippen molar-refractivity contribution in [3.05, 3.63) is 182 Å². The maximum Gasteiger partial charge on any atom is 0.174 e. The van der Waals surface area contributed by atoms with E-state index in [4.69, 9.17) is 9.97 Å². The molecule has 2 aromatic heterocycles. The first kappa shape index (κ1) is 30.1. The minimum Gasteiger partial charge on any atom is -0.309 e. The number of benzene rings is 8. The third kappa shape index (κ3) is 4.34. The molecule has 1 atom stereocenters. The van der Waals surface area contributed by atoms with Gasteiger partial charge in [-0.2, -0.15) is 0 Å². The topological polar surface area (TPSA) is 47.8 Å². The van der Waals surface area contributed by atoms with Gasteiger partial charge in [0.15, 0.2) is 13.0 Å². The van der Waals surface area contributed by atoms with Crippen molar-refractivity contribution in [2.75, 3.05) is 0 Å². The molecule has 1 unspecified atom stereocenters. The number of para-hydroxylation sites is 2. The summed E-state index contributed by atoms with van der Waals surface area (Å²) in [4.78, 5) is 10.3. The average molecular weight is 696 g/mol. The molecule has 3 heterocycles. The van der Waals surface area contributed by atoms with Crippen molar-refractivity contribution < 1.29 is 4.57 Å². The molecule has 0 radical (unpaired) electrons. The second-order valence-electron chi connectivity index (χ2n) is 13.7. The summed E-state index contributed by atoms with van der Waals surface area (Å²) < 4.78 is 18.2. The van der Waals surface area contributed by atoms with Crippen LogP contribution in [0.5, 0.6) is 0 Å². The summed E-state index contributed by atoms with van der Waals surface area (Å²) in [5.74, 6) is 0.672. The normalized spacial score (nSPS) is 14.9. The SMILES string of the molecule is O=P1(c2ccccc2)c2ccccc2-c2ccc3c4ccccc4n(-c4ccc(-c5nc(-c6cccc7ccccc67)c6ccccc6n5)cc4)c3c21. The van der Waals surface area contributed by atoms with Gasteiger partial charge in [-0.1, -0.05) is 146 Å². The predicted molar refractivity (Wildman–Crippen MR) is 221 cm³/mol. The third-order valence-corrected chi connectivity index (χ3v) is 14.0. The molecule has 0 bridgehead atoms. The Kier molecular flexibility index (Phi) is 6.49. The molecule has 0 amide bonds. The minimum absolute atomic E-state index is 0.672. The van der Waals surface area contributed by atoms with Gasteiger partial charge >= 0.3 is 0 Å². The number of nitrogens with zero attached hydrogens (tertiary/aromatic N) is 3. The van der Waals surface area contributed by atoms with Gasteiger partial charge in [0.25, 0.3) is 0 Å². The van der Waals surface area contributed by atoms with Gasteiger partial charge in [-0.05, 0) is 58.3 Å². The van der Waals surface area contributed by atoms with E-state index >= 15 is 4.57 Å². The molecule has 1 aliphatic heterocycles. The fourth-order valence-electron chi connectivity index (χ4n) is 8.45. The van der Waals surface area contributed by atoms with Crippen molar-refractivity contribution in [3.8, 4) is 39.5 Å². The largest absolute Gasteiger partial charge is 0.309 e. The lowest BCUT2D eigenvalue weighted by molar-refractivity contribution is 0.593. The summed E-state index contributed by atoms with van der Waals surface area (Å²) in [5, 5.41) is 8.22.